The zero-order valence-electron chi connectivity index (χ0n) is 8.34. The molecule has 16 heavy (non-hydrogen) atoms. The molecule has 0 atom stereocenters. The van der Waals surface area contributed by atoms with E-state index in [1.807, 2.05) is 0 Å². The summed E-state index contributed by atoms with van der Waals surface area (Å²) in [6.07, 6.45) is 0. The maximum atomic E-state index is 10.5. The van der Waals surface area contributed by atoms with Crippen molar-refractivity contribution in [2.75, 3.05) is 7.05 Å². The molecule has 0 aliphatic heterocycles. The van der Waals surface area contributed by atoms with E-state index >= 15 is 0 Å². The fraction of sp³-hybridized carbons (Fsp3) is 0.250. The molecule has 2 rings (SSSR count). The van der Waals surface area contributed by atoms with Crippen LogP contribution in [0.25, 0.3) is 10.8 Å². The number of hydrogen-bond donors (Lipinski definition) is 1. The number of thiophene rings is 1. The third-order valence-electron chi connectivity index (χ3n) is 1.78. The topological polar surface area (TPSA) is 94.1 Å². The second kappa shape index (κ2) is 4.37. The molecule has 0 aromatic carbocycles. The predicted molar refractivity (Wildman–Crippen MR) is 57.0 cm³/mol. The summed E-state index contributed by atoms with van der Waals surface area (Å²) in [6.45, 7) is 0.473. The Labute approximate surface area is 94.3 Å². The van der Waals surface area contributed by atoms with Crippen molar-refractivity contribution in [3.8, 4) is 10.8 Å². The lowest BCUT2D eigenvalue weighted by atomic mass is 10.5. The standard InChI is InChI=1S/C8H8N4O3S/c1-9-4-6-10-11-8(15-6)5-2-3-7(16-5)12(13)14/h2-3,9H,4H2,1H3. The van der Waals surface area contributed by atoms with Crippen LogP contribution in [0.3, 0.4) is 0 Å². The van der Waals surface area contributed by atoms with Gasteiger partial charge in [-0.05, 0) is 13.1 Å². The van der Waals surface area contributed by atoms with Gasteiger partial charge in [-0.1, -0.05) is 11.3 Å². The van der Waals surface area contributed by atoms with E-state index in [1.165, 1.54) is 6.07 Å². The molecule has 0 aliphatic rings. The Bertz CT molecular complexity index is 507. The van der Waals surface area contributed by atoms with E-state index in [2.05, 4.69) is 15.5 Å². The van der Waals surface area contributed by atoms with E-state index in [0.29, 0.717) is 23.2 Å². The SMILES string of the molecule is CNCc1nnc(-c2ccc([N+](=O)[O-])s2)o1. The fourth-order valence-corrected chi connectivity index (χ4v) is 1.86. The number of nitrogens with one attached hydrogen (secondary N) is 1. The van der Waals surface area contributed by atoms with Gasteiger partial charge < -0.3 is 9.73 Å². The minimum absolute atomic E-state index is 0.0587. The average Bonchev–Trinajstić information content (AvgIpc) is 2.84. The summed E-state index contributed by atoms with van der Waals surface area (Å²) in [4.78, 5) is 10.6. The molecule has 7 nitrogen and oxygen atoms in total. The predicted octanol–water partition coefficient (Wildman–Crippen LogP) is 1.43. The van der Waals surface area contributed by atoms with E-state index in [0.717, 1.165) is 11.3 Å². The van der Waals surface area contributed by atoms with E-state index in [4.69, 9.17) is 4.42 Å². The van der Waals surface area contributed by atoms with Crippen molar-refractivity contribution in [3.63, 3.8) is 0 Å². The Kier molecular flexibility index (Phi) is 2.93. The minimum Gasteiger partial charge on any atom is -0.419 e. The lowest BCUT2D eigenvalue weighted by molar-refractivity contribution is -0.380. The summed E-state index contributed by atoms with van der Waals surface area (Å²) >= 11 is 1.01. The Morgan fingerprint density at radius 2 is 2.38 bits per heavy atom. The van der Waals surface area contributed by atoms with Gasteiger partial charge in [-0.2, -0.15) is 0 Å². The summed E-state index contributed by atoms with van der Waals surface area (Å²) in [6, 6.07) is 3.02. The smallest absolute Gasteiger partial charge is 0.324 e. The third-order valence-corrected chi connectivity index (χ3v) is 2.80. The Morgan fingerprint density at radius 3 is 3.00 bits per heavy atom. The van der Waals surface area contributed by atoms with E-state index in [-0.39, 0.29) is 5.00 Å². The molecule has 0 saturated carbocycles. The molecule has 0 unspecified atom stereocenters. The maximum absolute atomic E-state index is 10.5. The van der Waals surface area contributed by atoms with Crippen LogP contribution < -0.4 is 5.32 Å². The molecule has 0 radical (unpaired) electrons. The van der Waals surface area contributed by atoms with Gasteiger partial charge >= 0.3 is 5.00 Å². The molecule has 0 aliphatic carbocycles. The molecule has 0 fully saturated rings. The number of aromatic nitrogens is 2. The van der Waals surface area contributed by atoms with Crippen LogP contribution in [0.15, 0.2) is 16.5 Å². The number of nitrogens with zero attached hydrogens (tertiary/aromatic N) is 3. The van der Waals surface area contributed by atoms with Crippen molar-refractivity contribution >= 4 is 16.3 Å². The van der Waals surface area contributed by atoms with Gasteiger partial charge in [0.1, 0.15) is 0 Å². The van der Waals surface area contributed by atoms with Gasteiger partial charge in [0, 0.05) is 6.07 Å². The first-order chi connectivity index (χ1) is 7.70. The highest BCUT2D eigenvalue weighted by Gasteiger charge is 2.15. The molecule has 2 heterocycles. The molecule has 1 N–H and O–H groups in total. The highest BCUT2D eigenvalue weighted by atomic mass is 32.1. The molecular weight excluding hydrogens is 232 g/mol. The zero-order valence-corrected chi connectivity index (χ0v) is 9.15. The van der Waals surface area contributed by atoms with Gasteiger partial charge in [-0.25, -0.2) is 0 Å². The molecule has 0 amide bonds. The van der Waals surface area contributed by atoms with Crippen molar-refractivity contribution in [2.45, 2.75) is 6.54 Å². The third kappa shape index (κ3) is 2.07. The van der Waals surface area contributed by atoms with Crippen LogP contribution in [-0.4, -0.2) is 22.2 Å². The Balaban J connectivity index is 2.24. The van der Waals surface area contributed by atoms with Gasteiger partial charge in [0.25, 0.3) is 5.89 Å². The lowest BCUT2D eigenvalue weighted by Crippen LogP contribution is -2.04. The van der Waals surface area contributed by atoms with Crippen LogP contribution in [0, 0.1) is 10.1 Å². The number of hydrogen-bond acceptors (Lipinski definition) is 7. The molecule has 84 valence electrons. The van der Waals surface area contributed by atoms with Crippen LogP contribution >= 0.6 is 11.3 Å². The normalized spacial score (nSPS) is 10.6. The molecule has 8 heteroatoms. The largest absolute Gasteiger partial charge is 0.419 e. The summed E-state index contributed by atoms with van der Waals surface area (Å²) in [5, 5.41) is 21.0. The lowest BCUT2D eigenvalue weighted by Gasteiger charge is -1.88. The van der Waals surface area contributed by atoms with Crippen LogP contribution in [0.4, 0.5) is 5.00 Å². The molecule has 2 aromatic heterocycles. The maximum Gasteiger partial charge on any atom is 0.324 e. The van der Waals surface area contributed by atoms with Crippen molar-refractivity contribution < 1.29 is 9.34 Å². The molecule has 0 spiro atoms. The van der Waals surface area contributed by atoms with Crippen molar-refractivity contribution in [1.29, 1.82) is 0 Å². The van der Waals surface area contributed by atoms with Crippen LogP contribution in [0.2, 0.25) is 0 Å². The first kappa shape index (κ1) is 10.7. The summed E-state index contributed by atoms with van der Waals surface area (Å²) in [5.41, 5.74) is 0. The Hall–Kier alpha value is -1.80. The Morgan fingerprint density at radius 1 is 1.56 bits per heavy atom. The summed E-state index contributed by atoms with van der Waals surface area (Å²) in [7, 11) is 1.76. The van der Waals surface area contributed by atoms with Crippen molar-refractivity contribution in [2.24, 2.45) is 0 Å². The zero-order chi connectivity index (χ0) is 11.5. The highest BCUT2D eigenvalue weighted by molar-refractivity contribution is 7.18. The summed E-state index contributed by atoms with van der Waals surface area (Å²) < 4.78 is 5.31. The van der Waals surface area contributed by atoms with Crippen LogP contribution in [0.1, 0.15) is 5.89 Å². The first-order valence-corrected chi connectivity index (χ1v) is 5.24. The van der Waals surface area contributed by atoms with E-state index < -0.39 is 4.92 Å². The molecule has 0 saturated heterocycles. The fourth-order valence-electron chi connectivity index (χ4n) is 1.12. The first-order valence-electron chi connectivity index (χ1n) is 4.42. The van der Waals surface area contributed by atoms with Crippen LogP contribution in [-0.2, 0) is 6.54 Å². The summed E-state index contributed by atoms with van der Waals surface area (Å²) in [5.74, 6) is 0.761. The second-order valence-corrected chi connectivity index (χ2v) is 3.99. The second-order valence-electron chi connectivity index (χ2n) is 2.93. The molecular formula is C8H8N4O3S. The van der Waals surface area contributed by atoms with Crippen molar-refractivity contribution in [1.82, 2.24) is 15.5 Å². The van der Waals surface area contributed by atoms with E-state index in [1.54, 1.807) is 13.1 Å². The van der Waals surface area contributed by atoms with Gasteiger partial charge in [-0.15, -0.1) is 10.2 Å². The van der Waals surface area contributed by atoms with Gasteiger partial charge in [0.05, 0.1) is 16.3 Å². The number of rotatable bonds is 4. The van der Waals surface area contributed by atoms with Crippen LogP contribution in [0.5, 0.6) is 0 Å². The quantitative estimate of drug-likeness (QED) is 0.641. The monoisotopic (exact) mass is 240 g/mol. The van der Waals surface area contributed by atoms with Gasteiger partial charge in [-0.3, -0.25) is 10.1 Å². The highest BCUT2D eigenvalue weighted by Crippen LogP contribution is 2.31. The molecule has 0 bridgehead atoms. The van der Waals surface area contributed by atoms with Gasteiger partial charge in [0.15, 0.2) is 0 Å². The van der Waals surface area contributed by atoms with Gasteiger partial charge in [0.2, 0.25) is 5.89 Å². The number of nitro groups is 1. The molecule has 2 aromatic rings. The van der Waals surface area contributed by atoms with E-state index in [9.17, 15) is 10.1 Å². The minimum atomic E-state index is -0.445. The average molecular weight is 240 g/mol. The van der Waals surface area contributed by atoms with Crippen molar-refractivity contribution in [3.05, 3.63) is 28.1 Å².